The maximum Gasteiger partial charge on any atom is 0.195 e. The fraction of sp³-hybridized carbons (Fsp3) is 0.889. The van der Waals surface area contributed by atoms with E-state index in [0.29, 0.717) is 0 Å². The van der Waals surface area contributed by atoms with Crippen molar-refractivity contribution in [3.05, 3.63) is 0 Å². The molecule has 3 nitrogen and oxygen atoms in total. The van der Waals surface area contributed by atoms with Crippen LogP contribution in [0.1, 0.15) is 19.8 Å². The molecule has 0 aromatic carbocycles. The summed E-state index contributed by atoms with van der Waals surface area (Å²) in [4.78, 5) is 8.56. The average molecular weight is 171 g/mol. The highest BCUT2D eigenvalue weighted by Gasteiger charge is 2.01. The molecular weight excluding hydrogens is 150 g/mol. The molecule has 0 aliphatic carbocycles. The van der Waals surface area contributed by atoms with E-state index in [4.69, 9.17) is 0 Å². The van der Waals surface area contributed by atoms with Crippen molar-refractivity contribution >= 4 is 5.96 Å². The Bertz CT molecular complexity index is 129. The lowest BCUT2D eigenvalue weighted by Gasteiger charge is -2.22. The van der Waals surface area contributed by atoms with Gasteiger partial charge in [0.15, 0.2) is 5.96 Å². The zero-order valence-electron chi connectivity index (χ0n) is 8.96. The molecule has 0 rings (SSSR count). The number of aliphatic imine (C=N–C) groups is 1. The topological polar surface area (TPSA) is 18.8 Å². The van der Waals surface area contributed by atoms with Crippen molar-refractivity contribution in [1.29, 1.82) is 0 Å². The molecule has 0 fully saturated rings. The summed E-state index contributed by atoms with van der Waals surface area (Å²) in [6.07, 6.45) is 2.38. The molecule has 0 spiro atoms. The first-order chi connectivity index (χ1) is 5.59. The second-order valence-corrected chi connectivity index (χ2v) is 3.32. The lowest BCUT2D eigenvalue weighted by Crippen LogP contribution is -2.35. The number of rotatable bonds is 3. The Morgan fingerprint density at radius 3 is 1.92 bits per heavy atom. The Kier molecular flexibility index (Phi) is 5.51. The van der Waals surface area contributed by atoms with Crippen LogP contribution in [0.15, 0.2) is 4.99 Å². The third-order valence-corrected chi connectivity index (χ3v) is 1.56. The zero-order chi connectivity index (χ0) is 9.56. The first-order valence-electron chi connectivity index (χ1n) is 4.48. The third kappa shape index (κ3) is 4.21. The molecule has 3 heteroatoms. The number of guanidine groups is 1. The highest BCUT2D eigenvalue weighted by atomic mass is 15.3. The predicted octanol–water partition coefficient (Wildman–Crippen LogP) is 1.27. The van der Waals surface area contributed by atoms with Gasteiger partial charge in [0.25, 0.3) is 0 Å². The Morgan fingerprint density at radius 1 is 1.08 bits per heavy atom. The van der Waals surface area contributed by atoms with E-state index in [9.17, 15) is 0 Å². The van der Waals surface area contributed by atoms with Crippen molar-refractivity contribution in [2.24, 2.45) is 4.99 Å². The molecule has 0 bridgehead atoms. The summed E-state index contributed by atoms with van der Waals surface area (Å²) in [6, 6.07) is 0. The van der Waals surface area contributed by atoms with E-state index in [0.717, 1.165) is 12.5 Å². The molecule has 0 radical (unpaired) electrons. The molecule has 0 amide bonds. The maximum absolute atomic E-state index is 4.48. The molecule has 0 unspecified atom stereocenters. The van der Waals surface area contributed by atoms with Crippen molar-refractivity contribution in [2.45, 2.75) is 19.8 Å². The van der Waals surface area contributed by atoms with Crippen LogP contribution in [0, 0.1) is 0 Å². The highest BCUT2D eigenvalue weighted by Crippen LogP contribution is 1.92. The van der Waals surface area contributed by atoms with Gasteiger partial charge in [0.2, 0.25) is 0 Å². The van der Waals surface area contributed by atoms with E-state index in [-0.39, 0.29) is 0 Å². The second-order valence-electron chi connectivity index (χ2n) is 3.32. The summed E-state index contributed by atoms with van der Waals surface area (Å²) in [6.45, 7) is 3.11. The van der Waals surface area contributed by atoms with Crippen LogP contribution < -0.4 is 0 Å². The predicted molar refractivity (Wildman–Crippen MR) is 54.6 cm³/mol. The molecular formula is C9H21N3. The van der Waals surface area contributed by atoms with Crippen molar-refractivity contribution in [3.63, 3.8) is 0 Å². The van der Waals surface area contributed by atoms with Crippen LogP contribution in [0.5, 0.6) is 0 Å². The van der Waals surface area contributed by atoms with Crippen LogP contribution in [0.4, 0.5) is 0 Å². The van der Waals surface area contributed by atoms with Gasteiger partial charge in [-0.15, -0.1) is 0 Å². The van der Waals surface area contributed by atoms with Crippen molar-refractivity contribution < 1.29 is 0 Å². The number of nitrogens with zero attached hydrogens (tertiary/aromatic N) is 3. The fourth-order valence-corrected chi connectivity index (χ4v) is 1.02. The molecule has 0 saturated heterocycles. The molecule has 0 aliphatic heterocycles. The average Bonchev–Trinajstić information content (AvgIpc) is 1.96. The van der Waals surface area contributed by atoms with E-state index in [1.54, 1.807) is 0 Å². The van der Waals surface area contributed by atoms with Gasteiger partial charge in [0.05, 0.1) is 0 Å². The number of hydrogen-bond acceptors (Lipinski definition) is 1. The monoisotopic (exact) mass is 171 g/mol. The highest BCUT2D eigenvalue weighted by molar-refractivity contribution is 5.79. The van der Waals surface area contributed by atoms with Crippen LogP contribution in [0.25, 0.3) is 0 Å². The summed E-state index contributed by atoms with van der Waals surface area (Å²) in [5, 5.41) is 0. The summed E-state index contributed by atoms with van der Waals surface area (Å²) >= 11 is 0. The van der Waals surface area contributed by atoms with E-state index in [1.807, 2.05) is 38.0 Å². The first-order valence-corrected chi connectivity index (χ1v) is 4.48. The van der Waals surface area contributed by atoms with E-state index in [1.165, 1.54) is 12.8 Å². The molecule has 12 heavy (non-hydrogen) atoms. The molecule has 0 aromatic rings. The molecule has 0 N–H and O–H groups in total. The molecule has 0 aliphatic rings. The van der Waals surface area contributed by atoms with Crippen LogP contribution in [-0.4, -0.2) is 50.5 Å². The lowest BCUT2D eigenvalue weighted by molar-refractivity contribution is 0.478. The van der Waals surface area contributed by atoms with Crippen LogP contribution in [0.3, 0.4) is 0 Å². The van der Waals surface area contributed by atoms with Crippen LogP contribution in [0.2, 0.25) is 0 Å². The number of unbranched alkanes of at least 4 members (excludes halogenated alkanes) is 1. The van der Waals surface area contributed by atoms with Gasteiger partial charge in [0.1, 0.15) is 0 Å². The van der Waals surface area contributed by atoms with E-state index < -0.39 is 0 Å². The summed E-state index contributed by atoms with van der Waals surface area (Å²) in [5.74, 6) is 1.04. The third-order valence-electron chi connectivity index (χ3n) is 1.56. The first kappa shape index (κ1) is 11.3. The van der Waals surface area contributed by atoms with Crippen LogP contribution in [-0.2, 0) is 0 Å². The quantitative estimate of drug-likeness (QED) is 0.362. The second kappa shape index (κ2) is 5.86. The van der Waals surface area contributed by atoms with Gasteiger partial charge < -0.3 is 9.80 Å². The Morgan fingerprint density at radius 2 is 1.58 bits per heavy atom. The minimum Gasteiger partial charge on any atom is -0.349 e. The summed E-state index contributed by atoms with van der Waals surface area (Å²) < 4.78 is 0. The molecule has 0 aromatic heterocycles. The Balaban J connectivity index is 4.00. The SMILES string of the molecule is CCCCN=C(N(C)C)N(C)C. The van der Waals surface area contributed by atoms with Crippen LogP contribution >= 0.6 is 0 Å². The van der Waals surface area contributed by atoms with Crippen molar-refractivity contribution in [2.75, 3.05) is 34.7 Å². The van der Waals surface area contributed by atoms with Gasteiger partial charge in [-0.2, -0.15) is 0 Å². The zero-order valence-corrected chi connectivity index (χ0v) is 8.96. The Labute approximate surface area is 76.1 Å². The van der Waals surface area contributed by atoms with Gasteiger partial charge in [-0.1, -0.05) is 13.3 Å². The van der Waals surface area contributed by atoms with Crippen molar-refractivity contribution in [3.8, 4) is 0 Å². The summed E-state index contributed by atoms with van der Waals surface area (Å²) in [7, 11) is 8.07. The minimum absolute atomic E-state index is 0.933. The standard InChI is InChI=1S/C9H21N3/c1-6-7-8-10-9(11(2)3)12(4)5/h6-8H2,1-5H3. The lowest BCUT2D eigenvalue weighted by atomic mass is 10.3. The van der Waals surface area contributed by atoms with Gasteiger partial charge >= 0.3 is 0 Å². The number of hydrogen-bond donors (Lipinski definition) is 0. The maximum atomic E-state index is 4.48. The summed E-state index contributed by atoms with van der Waals surface area (Å²) in [5.41, 5.74) is 0. The minimum atomic E-state index is 0.933. The fourth-order valence-electron chi connectivity index (χ4n) is 1.02. The Hall–Kier alpha value is -0.730. The molecule has 0 atom stereocenters. The van der Waals surface area contributed by atoms with Gasteiger partial charge in [-0.05, 0) is 6.42 Å². The van der Waals surface area contributed by atoms with Gasteiger partial charge in [-0.3, -0.25) is 4.99 Å². The molecule has 0 heterocycles. The largest absolute Gasteiger partial charge is 0.349 e. The van der Waals surface area contributed by atoms with E-state index in [2.05, 4.69) is 11.9 Å². The van der Waals surface area contributed by atoms with Gasteiger partial charge in [-0.25, -0.2) is 0 Å². The molecule has 72 valence electrons. The smallest absolute Gasteiger partial charge is 0.195 e. The van der Waals surface area contributed by atoms with Gasteiger partial charge in [0, 0.05) is 34.7 Å². The normalized spacial score (nSPS) is 9.42. The molecule has 0 saturated carbocycles. The van der Waals surface area contributed by atoms with Crippen molar-refractivity contribution in [1.82, 2.24) is 9.80 Å². The van der Waals surface area contributed by atoms with E-state index >= 15 is 0 Å².